The SMILES string of the molecule is COc1ccc(S(=O)(=O)N2CCN(S(=O)(=O)c3ccc(OC)c(OC)c3)CC(=O)C2)cc1OC. The largest absolute Gasteiger partial charge is 0.493 e. The number of sulfonamides is 2. The summed E-state index contributed by atoms with van der Waals surface area (Å²) in [4.78, 5) is 12.4. The summed E-state index contributed by atoms with van der Waals surface area (Å²) >= 11 is 0. The molecule has 3 rings (SSSR count). The van der Waals surface area contributed by atoms with E-state index >= 15 is 0 Å². The summed E-state index contributed by atoms with van der Waals surface area (Å²) in [5.74, 6) is 0.552. The number of benzene rings is 2. The first kappa shape index (κ1) is 25.7. The standard InChI is InChI=1S/C21H26N2O9S2/c1-29-18-7-5-16(11-20(18)31-3)33(25,26)22-9-10-23(14-15(24)13-22)34(27,28)17-6-8-19(30-2)21(12-17)32-4/h5-8,11-12H,9-10,13-14H2,1-4H3. The Morgan fingerprint density at radius 2 is 0.971 bits per heavy atom. The molecule has 0 atom stereocenters. The number of carbonyl (C=O) groups is 1. The van der Waals surface area contributed by atoms with Crippen molar-refractivity contribution in [2.75, 3.05) is 54.6 Å². The molecule has 34 heavy (non-hydrogen) atoms. The number of ketones is 1. The van der Waals surface area contributed by atoms with E-state index in [0.29, 0.717) is 11.5 Å². The van der Waals surface area contributed by atoms with Gasteiger partial charge in [-0.15, -0.1) is 0 Å². The predicted molar refractivity (Wildman–Crippen MR) is 122 cm³/mol. The van der Waals surface area contributed by atoms with E-state index in [4.69, 9.17) is 18.9 Å². The third-order valence-electron chi connectivity index (χ3n) is 5.29. The van der Waals surface area contributed by atoms with Gasteiger partial charge in [0.05, 0.1) is 51.3 Å². The molecule has 13 heteroatoms. The Morgan fingerprint density at radius 1 is 0.618 bits per heavy atom. The van der Waals surface area contributed by atoms with Crippen molar-refractivity contribution in [3.63, 3.8) is 0 Å². The van der Waals surface area contributed by atoms with Gasteiger partial charge in [-0.3, -0.25) is 4.79 Å². The van der Waals surface area contributed by atoms with Gasteiger partial charge in [-0.1, -0.05) is 0 Å². The maximum Gasteiger partial charge on any atom is 0.243 e. The molecule has 2 aromatic rings. The summed E-state index contributed by atoms with van der Waals surface area (Å²) in [6.45, 7) is -1.35. The lowest BCUT2D eigenvalue weighted by Gasteiger charge is -2.22. The number of carbonyl (C=O) groups excluding carboxylic acids is 1. The third-order valence-corrected chi connectivity index (χ3v) is 8.97. The van der Waals surface area contributed by atoms with E-state index in [-0.39, 0.29) is 34.4 Å². The average Bonchev–Trinajstić information content (AvgIpc) is 3.05. The second-order valence-corrected chi connectivity index (χ2v) is 11.1. The predicted octanol–water partition coefficient (Wildman–Crippen LogP) is 0.985. The fourth-order valence-corrected chi connectivity index (χ4v) is 6.35. The molecule has 0 aromatic heterocycles. The summed E-state index contributed by atoms with van der Waals surface area (Å²) in [7, 11) is -2.62. The van der Waals surface area contributed by atoms with Crippen molar-refractivity contribution in [1.82, 2.24) is 8.61 Å². The van der Waals surface area contributed by atoms with Gasteiger partial charge in [-0.2, -0.15) is 8.61 Å². The minimum absolute atomic E-state index is 0.103. The van der Waals surface area contributed by atoms with Crippen LogP contribution in [0.3, 0.4) is 0 Å². The zero-order valence-corrected chi connectivity index (χ0v) is 20.8. The minimum Gasteiger partial charge on any atom is -0.493 e. The van der Waals surface area contributed by atoms with Gasteiger partial charge in [-0.05, 0) is 24.3 Å². The highest BCUT2D eigenvalue weighted by Crippen LogP contribution is 2.32. The second kappa shape index (κ2) is 10.2. The molecule has 0 N–H and O–H groups in total. The first-order valence-electron chi connectivity index (χ1n) is 10.0. The van der Waals surface area contributed by atoms with Crippen molar-refractivity contribution in [3.05, 3.63) is 36.4 Å². The number of hydrogen-bond acceptors (Lipinski definition) is 9. The second-order valence-electron chi connectivity index (χ2n) is 7.25. The van der Waals surface area contributed by atoms with Gasteiger partial charge in [0.15, 0.2) is 28.8 Å². The number of methoxy groups -OCH3 is 4. The van der Waals surface area contributed by atoms with Crippen LogP contribution < -0.4 is 18.9 Å². The normalized spacial score (nSPS) is 16.1. The lowest BCUT2D eigenvalue weighted by molar-refractivity contribution is -0.118. The number of hydrogen-bond donors (Lipinski definition) is 0. The van der Waals surface area contributed by atoms with Gasteiger partial charge in [0, 0.05) is 25.2 Å². The number of nitrogens with zero attached hydrogens (tertiary/aromatic N) is 2. The van der Waals surface area contributed by atoms with Crippen LogP contribution in [0.1, 0.15) is 0 Å². The van der Waals surface area contributed by atoms with E-state index < -0.39 is 38.9 Å². The van der Waals surface area contributed by atoms with Crippen LogP contribution >= 0.6 is 0 Å². The molecular formula is C21H26N2O9S2. The topological polar surface area (TPSA) is 129 Å². The van der Waals surface area contributed by atoms with E-state index in [1.54, 1.807) is 0 Å². The van der Waals surface area contributed by atoms with Crippen LogP contribution in [0.2, 0.25) is 0 Å². The molecule has 1 aliphatic heterocycles. The van der Waals surface area contributed by atoms with E-state index in [1.807, 2.05) is 0 Å². The Morgan fingerprint density at radius 3 is 1.29 bits per heavy atom. The first-order chi connectivity index (χ1) is 16.1. The van der Waals surface area contributed by atoms with Crippen molar-refractivity contribution in [3.8, 4) is 23.0 Å². The van der Waals surface area contributed by atoms with Crippen LogP contribution in [0.4, 0.5) is 0 Å². The van der Waals surface area contributed by atoms with Crippen LogP contribution in [0.5, 0.6) is 23.0 Å². The highest BCUT2D eigenvalue weighted by Gasteiger charge is 2.35. The van der Waals surface area contributed by atoms with E-state index in [2.05, 4.69) is 0 Å². The van der Waals surface area contributed by atoms with Gasteiger partial charge in [0.1, 0.15) is 0 Å². The molecule has 1 heterocycles. The van der Waals surface area contributed by atoms with E-state index in [1.165, 1.54) is 64.8 Å². The molecule has 0 aliphatic carbocycles. The van der Waals surface area contributed by atoms with Gasteiger partial charge < -0.3 is 18.9 Å². The van der Waals surface area contributed by atoms with E-state index in [9.17, 15) is 21.6 Å². The molecule has 0 amide bonds. The van der Waals surface area contributed by atoms with Crippen LogP contribution in [-0.4, -0.2) is 85.8 Å². The fraction of sp³-hybridized carbons (Fsp3) is 0.381. The molecule has 0 spiro atoms. The summed E-state index contributed by atoms with van der Waals surface area (Å²) in [5, 5.41) is 0. The molecule has 0 bridgehead atoms. The van der Waals surface area contributed by atoms with Gasteiger partial charge in [0.25, 0.3) is 0 Å². The Hall–Kier alpha value is -2.87. The highest BCUT2D eigenvalue weighted by atomic mass is 32.2. The number of rotatable bonds is 8. The zero-order chi connectivity index (χ0) is 25.1. The van der Waals surface area contributed by atoms with Crippen molar-refractivity contribution < 1.29 is 40.6 Å². The summed E-state index contributed by atoms with van der Waals surface area (Å²) in [6.07, 6.45) is 0. The fourth-order valence-electron chi connectivity index (χ4n) is 3.49. The van der Waals surface area contributed by atoms with Gasteiger partial charge in [0.2, 0.25) is 20.0 Å². The highest BCUT2D eigenvalue weighted by molar-refractivity contribution is 7.89. The smallest absolute Gasteiger partial charge is 0.243 e. The molecule has 0 unspecified atom stereocenters. The van der Waals surface area contributed by atoms with Crippen molar-refractivity contribution >= 4 is 25.8 Å². The molecule has 186 valence electrons. The minimum atomic E-state index is -4.11. The molecule has 11 nitrogen and oxygen atoms in total. The van der Waals surface area contributed by atoms with Crippen LogP contribution in [-0.2, 0) is 24.8 Å². The number of ether oxygens (including phenoxy) is 4. The monoisotopic (exact) mass is 514 g/mol. The van der Waals surface area contributed by atoms with Gasteiger partial charge in [-0.25, -0.2) is 16.8 Å². The molecule has 0 radical (unpaired) electrons. The maximum absolute atomic E-state index is 13.2. The van der Waals surface area contributed by atoms with Crippen molar-refractivity contribution in [1.29, 1.82) is 0 Å². The lowest BCUT2D eigenvalue weighted by atomic mass is 10.3. The summed E-state index contributed by atoms with van der Waals surface area (Å²) in [6, 6.07) is 8.15. The van der Waals surface area contributed by atoms with Crippen LogP contribution in [0.25, 0.3) is 0 Å². The molecule has 0 saturated carbocycles. The molecule has 1 saturated heterocycles. The zero-order valence-electron chi connectivity index (χ0n) is 19.2. The summed E-state index contributed by atoms with van der Waals surface area (Å²) in [5.41, 5.74) is 0. The lowest BCUT2D eigenvalue weighted by Crippen LogP contribution is -2.37. The van der Waals surface area contributed by atoms with Crippen molar-refractivity contribution in [2.45, 2.75) is 9.79 Å². The first-order valence-corrected chi connectivity index (χ1v) is 12.9. The average molecular weight is 515 g/mol. The van der Waals surface area contributed by atoms with Crippen molar-refractivity contribution in [2.24, 2.45) is 0 Å². The van der Waals surface area contributed by atoms with Gasteiger partial charge >= 0.3 is 0 Å². The molecule has 1 fully saturated rings. The van der Waals surface area contributed by atoms with E-state index in [0.717, 1.165) is 8.61 Å². The summed E-state index contributed by atoms with van der Waals surface area (Å²) < 4.78 is 75.4. The molecular weight excluding hydrogens is 488 g/mol. The molecule has 2 aromatic carbocycles. The maximum atomic E-state index is 13.2. The quantitative estimate of drug-likeness (QED) is 0.506. The Labute approximate surface area is 198 Å². The van der Waals surface area contributed by atoms with Crippen LogP contribution in [0, 0.1) is 0 Å². The molecule has 1 aliphatic rings. The van der Waals surface area contributed by atoms with Crippen LogP contribution in [0.15, 0.2) is 46.2 Å². The Balaban J connectivity index is 1.89. The Bertz CT molecular complexity index is 1180. The third kappa shape index (κ3) is 4.97. The number of Topliss-reactive ketones (excluding diaryl/α,β-unsaturated/α-hetero) is 1. The Kier molecular flexibility index (Phi) is 7.70.